The Labute approximate surface area is 247 Å². The summed E-state index contributed by atoms with van der Waals surface area (Å²) < 4.78 is 158. The summed E-state index contributed by atoms with van der Waals surface area (Å²) in [6, 6.07) is 1.15. The van der Waals surface area contributed by atoms with Crippen molar-refractivity contribution < 1.29 is 57.1 Å². The van der Waals surface area contributed by atoms with E-state index in [1.165, 1.54) is 0 Å². The fraction of sp³-hybridized carbons (Fsp3) is 0.375. The third-order valence-corrected chi connectivity index (χ3v) is 8.49. The molecule has 1 N–H and O–H groups in total. The van der Waals surface area contributed by atoms with Gasteiger partial charge in [0.1, 0.15) is 11.7 Å². The van der Waals surface area contributed by atoms with Crippen LogP contribution in [-0.2, 0) is 16.0 Å². The van der Waals surface area contributed by atoms with Gasteiger partial charge in [-0.2, -0.15) is 39.5 Å². The van der Waals surface area contributed by atoms with E-state index in [1.54, 1.807) is 0 Å². The zero-order valence-electron chi connectivity index (χ0n) is 20.8. The summed E-state index contributed by atoms with van der Waals surface area (Å²) in [6.45, 7) is 1.01. The van der Waals surface area contributed by atoms with E-state index in [4.69, 9.17) is 34.8 Å². The van der Waals surface area contributed by atoms with Gasteiger partial charge in [-0.1, -0.05) is 40.9 Å². The molecule has 2 rings (SSSR count). The van der Waals surface area contributed by atoms with Crippen molar-refractivity contribution in [3.8, 4) is 0 Å². The molecule has 0 saturated heterocycles. The number of carbonyl (C=O) groups excluding carboxylic acids is 1. The number of carbonyl (C=O) groups is 1. The van der Waals surface area contributed by atoms with Crippen LogP contribution in [0, 0.1) is 0 Å². The van der Waals surface area contributed by atoms with Gasteiger partial charge in [-0.05, 0) is 42.8 Å². The van der Waals surface area contributed by atoms with Crippen molar-refractivity contribution >= 4 is 56.4 Å². The van der Waals surface area contributed by atoms with Crippen molar-refractivity contribution in [1.29, 1.82) is 0 Å². The lowest BCUT2D eigenvalue weighted by molar-refractivity contribution is -0.140. The Morgan fingerprint density at radius 2 is 1.50 bits per heavy atom. The lowest BCUT2D eigenvalue weighted by Gasteiger charge is -2.20. The maximum absolute atomic E-state index is 15.0. The van der Waals surface area contributed by atoms with Gasteiger partial charge in [0.05, 0.1) is 44.1 Å². The van der Waals surface area contributed by atoms with E-state index in [-0.39, 0.29) is 17.2 Å². The molecule has 0 fully saturated rings. The quantitative estimate of drug-likeness (QED) is 0.211. The molecule has 0 bridgehead atoms. The summed E-state index contributed by atoms with van der Waals surface area (Å²) in [7, 11) is -4.38. The smallest absolute Gasteiger partial charge is 0.349 e. The molecule has 4 nitrogen and oxygen atoms in total. The molecule has 0 aliphatic rings. The second kappa shape index (κ2) is 13.2. The molecule has 18 heteroatoms. The minimum atomic E-state index is -5.34. The number of hydrogen-bond acceptors (Lipinski definition) is 3. The number of benzene rings is 2. The molecule has 0 heterocycles. The summed E-state index contributed by atoms with van der Waals surface area (Å²) in [5.74, 6) is -8.37. The van der Waals surface area contributed by atoms with Crippen LogP contribution in [0.5, 0.6) is 0 Å². The highest BCUT2D eigenvalue weighted by Crippen LogP contribution is 2.43. The number of nitrogens with one attached hydrogen (secondary N) is 1. The normalized spacial score (nSPS) is 15.0. The van der Waals surface area contributed by atoms with Gasteiger partial charge < -0.3 is 5.32 Å². The molecule has 0 aliphatic carbocycles. The predicted octanol–water partition coefficient (Wildman–Crippen LogP) is 8.81. The van der Waals surface area contributed by atoms with E-state index >= 15 is 0 Å². The van der Waals surface area contributed by atoms with Crippen LogP contribution in [0.2, 0.25) is 15.1 Å². The second-order valence-corrected chi connectivity index (χ2v) is 12.4. The van der Waals surface area contributed by atoms with Gasteiger partial charge in [-0.3, -0.25) is 4.79 Å². The molecule has 0 aromatic heterocycles. The van der Waals surface area contributed by atoms with E-state index in [9.17, 15) is 57.1 Å². The average molecular weight is 697 g/mol. The standard InChI is InChI=1S/C24H18Cl3F10NO3S/c1-11(10-42(40,41)5-4-22(29,30)31)38-21(39)14-3-2-12(6-16(14)24(35,36)37)19(28)9-15(23(32,33)34)13-7-17(25)20(27)18(26)8-13/h2-3,6-9,11,15H,4-5,10H2,1H3,(H,38,39)/b19-9-. The Hall–Kier alpha value is -2.23. The van der Waals surface area contributed by atoms with Crippen molar-refractivity contribution in [3.63, 3.8) is 0 Å². The molecular weight excluding hydrogens is 679 g/mol. The number of amides is 1. The molecule has 2 aromatic rings. The zero-order valence-corrected chi connectivity index (χ0v) is 23.9. The van der Waals surface area contributed by atoms with Gasteiger partial charge in [0.15, 0.2) is 9.84 Å². The maximum Gasteiger partial charge on any atom is 0.417 e. The molecule has 0 radical (unpaired) electrons. The summed E-state index contributed by atoms with van der Waals surface area (Å²) in [5.41, 5.74) is -4.61. The number of sulfone groups is 1. The molecule has 1 amide bonds. The number of rotatable bonds is 9. The van der Waals surface area contributed by atoms with E-state index < -0.39 is 102 Å². The van der Waals surface area contributed by atoms with Gasteiger partial charge in [-0.15, -0.1) is 0 Å². The monoisotopic (exact) mass is 695 g/mol. The van der Waals surface area contributed by atoms with E-state index in [0.29, 0.717) is 12.1 Å². The number of alkyl halides is 9. The van der Waals surface area contributed by atoms with Crippen LogP contribution in [0.3, 0.4) is 0 Å². The van der Waals surface area contributed by atoms with Gasteiger partial charge in [0.2, 0.25) is 0 Å². The molecule has 2 atom stereocenters. The van der Waals surface area contributed by atoms with E-state index in [0.717, 1.165) is 19.1 Å². The van der Waals surface area contributed by atoms with Gasteiger partial charge in [-0.25, -0.2) is 12.8 Å². The minimum Gasteiger partial charge on any atom is -0.349 e. The summed E-state index contributed by atoms with van der Waals surface area (Å²) >= 11 is 17.2. The van der Waals surface area contributed by atoms with Crippen molar-refractivity contribution in [3.05, 3.63) is 73.7 Å². The third-order valence-electron chi connectivity index (χ3n) is 5.45. The number of hydrogen-bond donors (Lipinski definition) is 1. The highest BCUT2D eigenvalue weighted by molar-refractivity contribution is 7.91. The highest BCUT2D eigenvalue weighted by Gasteiger charge is 2.41. The fourth-order valence-electron chi connectivity index (χ4n) is 3.58. The Kier molecular flexibility index (Phi) is 11.3. The van der Waals surface area contributed by atoms with Crippen LogP contribution in [0.4, 0.5) is 43.9 Å². The number of halogens is 13. The molecule has 234 valence electrons. The zero-order chi connectivity index (χ0) is 32.4. The molecule has 2 unspecified atom stereocenters. The Morgan fingerprint density at radius 1 is 0.952 bits per heavy atom. The van der Waals surface area contributed by atoms with Crippen LogP contribution in [0.25, 0.3) is 5.83 Å². The first kappa shape index (κ1) is 36.0. The lowest BCUT2D eigenvalue weighted by Crippen LogP contribution is -2.39. The Bertz CT molecular complexity index is 1430. The van der Waals surface area contributed by atoms with Gasteiger partial charge in [0.25, 0.3) is 5.91 Å². The van der Waals surface area contributed by atoms with Gasteiger partial charge >= 0.3 is 18.5 Å². The highest BCUT2D eigenvalue weighted by atomic mass is 35.5. The van der Waals surface area contributed by atoms with Crippen molar-refractivity contribution in [2.45, 2.75) is 43.8 Å². The van der Waals surface area contributed by atoms with Crippen molar-refractivity contribution in [2.75, 3.05) is 11.5 Å². The third kappa shape index (κ3) is 10.2. The maximum atomic E-state index is 15.0. The first-order valence-corrected chi connectivity index (χ1v) is 14.2. The fourth-order valence-corrected chi connectivity index (χ4v) is 5.75. The Morgan fingerprint density at radius 3 is 1.98 bits per heavy atom. The van der Waals surface area contributed by atoms with Crippen LogP contribution < -0.4 is 5.32 Å². The topological polar surface area (TPSA) is 63.2 Å². The number of allylic oxidation sites excluding steroid dienone is 1. The van der Waals surface area contributed by atoms with Crippen molar-refractivity contribution in [2.24, 2.45) is 0 Å². The first-order valence-electron chi connectivity index (χ1n) is 11.3. The summed E-state index contributed by atoms with van der Waals surface area (Å²) in [6.07, 6.45) is -17.0. The van der Waals surface area contributed by atoms with E-state index in [2.05, 4.69) is 0 Å². The van der Waals surface area contributed by atoms with Gasteiger partial charge in [0, 0.05) is 11.6 Å². The average Bonchev–Trinajstić information content (AvgIpc) is 2.81. The van der Waals surface area contributed by atoms with Crippen LogP contribution >= 0.6 is 34.8 Å². The summed E-state index contributed by atoms with van der Waals surface area (Å²) in [4.78, 5) is 12.5. The van der Waals surface area contributed by atoms with Crippen LogP contribution in [0.1, 0.15) is 46.3 Å². The van der Waals surface area contributed by atoms with Crippen molar-refractivity contribution in [1.82, 2.24) is 5.32 Å². The van der Waals surface area contributed by atoms with Crippen LogP contribution in [0.15, 0.2) is 36.4 Å². The second-order valence-electron chi connectivity index (χ2n) is 8.94. The molecule has 0 aliphatic heterocycles. The largest absolute Gasteiger partial charge is 0.417 e. The first-order chi connectivity index (χ1) is 18.9. The molecule has 42 heavy (non-hydrogen) atoms. The molecule has 2 aromatic carbocycles. The van der Waals surface area contributed by atoms with Crippen LogP contribution in [-0.4, -0.2) is 44.2 Å². The SMILES string of the molecule is CC(CS(=O)(=O)CCC(F)(F)F)NC(=O)c1ccc(/C(F)=C/C(c2cc(Cl)c(Cl)c(Cl)c2)C(F)(F)F)cc1C(F)(F)F. The summed E-state index contributed by atoms with van der Waals surface area (Å²) in [5, 5.41) is 0.813. The molecule has 0 spiro atoms. The van der Waals surface area contributed by atoms with E-state index in [1.807, 2.05) is 5.32 Å². The Balaban J connectivity index is 2.42. The molecular formula is C24H18Cl3F10NO3S. The minimum absolute atomic E-state index is 0.0288. The molecule has 0 saturated carbocycles. The predicted molar refractivity (Wildman–Crippen MR) is 137 cm³/mol. The lowest BCUT2D eigenvalue weighted by atomic mass is 9.95.